The molecule has 2 heterocycles. The zero-order chi connectivity index (χ0) is 16.3. The monoisotopic (exact) mass is 411 g/mol. The molecule has 4 nitrogen and oxygen atoms in total. The summed E-state index contributed by atoms with van der Waals surface area (Å²) in [5.41, 5.74) is 1.04. The number of halogens is 1. The summed E-state index contributed by atoms with van der Waals surface area (Å²) in [5, 5.41) is 0. The van der Waals surface area contributed by atoms with E-state index in [0.29, 0.717) is 17.4 Å². The molecular formula is C16H14BrNO3S2. The normalized spacial score (nSPS) is 11.7. The SMILES string of the molecule is O=S(=O)(NCCc1ccc(-c2ccoc2)s1)c1ccccc1Br. The summed E-state index contributed by atoms with van der Waals surface area (Å²) in [7, 11) is -3.50. The molecule has 0 fully saturated rings. The third kappa shape index (κ3) is 3.92. The predicted octanol–water partition coefficient (Wildman–Crippen LogP) is 4.29. The smallest absolute Gasteiger partial charge is 0.241 e. The molecule has 0 radical (unpaired) electrons. The van der Waals surface area contributed by atoms with Crippen LogP contribution in [-0.4, -0.2) is 15.0 Å². The Morgan fingerprint density at radius 2 is 1.96 bits per heavy atom. The zero-order valence-corrected chi connectivity index (χ0v) is 15.2. The lowest BCUT2D eigenvalue weighted by atomic mass is 10.3. The van der Waals surface area contributed by atoms with Crippen LogP contribution in [0, 0.1) is 0 Å². The molecule has 1 N–H and O–H groups in total. The van der Waals surface area contributed by atoms with Crippen molar-refractivity contribution < 1.29 is 12.8 Å². The summed E-state index contributed by atoms with van der Waals surface area (Å²) in [6, 6.07) is 12.7. The van der Waals surface area contributed by atoms with Crippen LogP contribution in [0.5, 0.6) is 0 Å². The van der Waals surface area contributed by atoms with Gasteiger partial charge in [-0.05, 0) is 52.7 Å². The molecule has 1 aromatic carbocycles. The molecule has 2 aromatic heterocycles. The summed E-state index contributed by atoms with van der Waals surface area (Å²) >= 11 is 4.90. The topological polar surface area (TPSA) is 59.3 Å². The molecular weight excluding hydrogens is 398 g/mol. The molecule has 3 aromatic rings. The predicted molar refractivity (Wildman–Crippen MR) is 95.1 cm³/mol. The lowest BCUT2D eigenvalue weighted by Crippen LogP contribution is -2.26. The highest BCUT2D eigenvalue weighted by atomic mass is 79.9. The summed E-state index contributed by atoms with van der Waals surface area (Å²) in [4.78, 5) is 2.49. The fourth-order valence-electron chi connectivity index (χ4n) is 2.12. The van der Waals surface area contributed by atoms with Gasteiger partial charge in [-0.15, -0.1) is 11.3 Å². The Balaban J connectivity index is 1.62. The van der Waals surface area contributed by atoms with Crippen LogP contribution in [0.3, 0.4) is 0 Å². The van der Waals surface area contributed by atoms with Gasteiger partial charge in [0.2, 0.25) is 10.0 Å². The lowest BCUT2D eigenvalue weighted by Gasteiger charge is -2.07. The van der Waals surface area contributed by atoms with Gasteiger partial charge in [-0.3, -0.25) is 0 Å². The van der Waals surface area contributed by atoms with Gasteiger partial charge in [0, 0.05) is 26.3 Å². The number of benzene rings is 1. The van der Waals surface area contributed by atoms with Gasteiger partial charge < -0.3 is 4.42 Å². The van der Waals surface area contributed by atoms with E-state index < -0.39 is 10.0 Å². The highest BCUT2D eigenvalue weighted by Crippen LogP contribution is 2.28. The first-order valence-corrected chi connectivity index (χ1v) is 10.0. The number of furan rings is 1. The number of thiophene rings is 1. The molecule has 120 valence electrons. The van der Waals surface area contributed by atoms with E-state index in [1.54, 1.807) is 48.1 Å². The van der Waals surface area contributed by atoms with Gasteiger partial charge in [0.25, 0.3) is 0 Å². The molecule has 3 rings (SSSR count). The van der Waals surface area contributed by atoms with Gasteiger partial charge in [0.1, 0.15) is 0 Å². The Hall–Kier alpha value is -1.41. The van der Waals surface area contributed by atoms with Gasteiger partial charge in [0.05, 0.1) is 17.4 Å². The van der Waals surface area contributed by atoms with Crippen molar-refractivity contribution in [1.82, 2.24) is 4.72 Å². The summed E-state index contributed by atoms with van der Waals surface area (Å²) in [6.07, 6.45) is 3.98. The quantitative estimate of drug-likeness (QED) is 0.657. The first-order chi connectivity index (χ1) is 11.1. The largest absolute Gasteiger partial charge is 0.472 e. The first kappa shape index (κ1) is 16.4. The van der Waals surface area contributed by atoms with Crippen LogP contribution < -0.4 is 4.72 Å². The number of sulfonamides is 1. The van der Waals surface area contributed by atoms with Crippen LogP contribution in [-0.2, 0) is 16.4 Å². The van der Waals surface area contributed by atoms with Crippen molar-refractivity contribution in [3.05, 3.63) is 64.3 Å². The Morgan fingerprint density at radius 1 is 1.13 bits per heavy atom. The second kappa shape index (κ2) is 7.00. The van der Waals surface area contributed by atoms with Crippen molar-refractivity contribution in [1.29, 1.82) is 0 Å². The van der Waals surface area contributed by atoms with Crippen molar-refractivity contribution in [3.8, 4) is 10.4 Å². The highest BCUT2D eigenvalue weighted by Gasteiger charge is 2.16. The summed E-state index contributed by atoms with van der Waals surface area (Å²) in [5.74, 6) is 0. The van der Waals surface area contributed by atoms with Crippen LogP contribution in [0.25, 0.3) is 10.4 Å². The minimum absolute atomic E-state index is 0.255. The van der Waals surface area contributed by atoms with E-state index in [2.05, 4.69) is 20.7 Å². The number of hydrogen-bond acceptors (Lipinski definition) is 4. The molecule has 0 saturated heterocycles. The maximum Gasteiger partial charge on any atom is 0.241 e. The van der Waals surface area contributed by atoms with Crippen LogP contribution >= 0.6 is 27.3 Å². The van der Waals surface area contributed by atoms with E-state index in [1.807, 2.05) is 18.2 Å². The maximum atomic E-state index is 12.3. The Bertz CT molecular complexity index is 886. The van der Waals surface area contributed by atoms with E-state index in [9.17, 15) is 8.42 Å². The van der Waals surface area contributed by atoms with Crippen molar-refractivity contribution in [2.75, 3.05) is 6.54 Å². The minimum atomic E-state index is -3.50. The highest BCUT2D eigenvalue weighted by molar-refractivity contribution is 9.10. The van der Waals surface area contributed by atoms with Crippen molar-refractivity contribution in [3.63, 3.8) is 0 Å². The Labute approximate surface area is 147 Å². The van der Waals surface area contributed by atoms with E-state index in [0.717, 1.165) is 15.3 Å². The summed E-state index contributed by atoms with van der Waals surface area (Å²) < 4.78 is 32.8. The average molecular weight is 412 g/mol. The van der Waals surface area contributed by atoms with E-state index in [1.165, 1.54) is 0 Å². The van der Waals surface area contributed by atoms with Gasteiger partial charge in [-0.2, -0.15) is 0 Å². The second-order valence-electron chi connectivity index (χ2n) is 4.86. The fourth-order valence-corrected chi connectivity index (χ4v) is 5.15. The van der Waals surface area contributed by atoms with Crippen molar-refractivity contribution >= 4 is 37.3 Å². The van der Waals surface area contributed by atoms with Crippen LogP contribution in [0.1, 0.15) is 4.88 Å². The molecule has 0 saturated carbocycles. The Morgan fingerprint density at radius 3 is 2.70 bits per heavy atom. The van der Waals surface area contributed by atoms with Crippen LogP contribution in [0.4, 0.5) is 0 Å². The molecule has 0 atom stereocenters. The van der Waals surface area contributed by atoms with Crippen LogP contribution in [0.2, 0.25) is 0 Å². The van der Waals surface area contributed by atoms with Gasteiger partial charge in [-0.25, -0.2) is 13.1 Å². The molecule has 0 aliphatic heterocycles. The average Bonchev–Trinajstić information content (AvgIpc) is 3.18. The number of nitrogens with one attached hydrogen (secondary N) is 1. The first-order valence-electron chi connectivity index (χ1n) is 6.92. The minimum Gasteiger partial charge on any atom is -0.472 e. The molecule has 0 spiro atoms. The van der Waals surface area contributed by atoms with E-state index in [-0.39, 0.29) is 4.90 Å². The van der Waals surface area contributed by atoms with Gasteiger partial charge in [0.15, 0.2) is 0 Å². The van der Waals surface area contributed by atoms with Crippen LogP contribution in [0.15, 0.2) is 68.8 Å². The second-order valence-corrected chi connectivity index (χ2v) is 8.61. The lowest BCUT2D eigenvalue weighted by molar-refractivity contribution is 0.568. The van der Waals surface area contributed by atoms with Gasteiger partial charge >= 0.3 is 0 Å². The maximum absolute atomic E-state index is 12.3. The summed E-state index contributed by atoms with van der Waals surface area (Å²) in [6.45, 7) is 0.356. The van der Waals surface area contributed by atoms with E-state index >= 15 is 0 Å². The molecule has 7 heteroatoms. The standard InChI is InChI=1S/C16H14BrNO3S2/c17-14-3-1-2-4-16(14)23(19,20)18-9-7-13-5-6-15(22-13)12-8-10-21-11-12/h1-6,8,10-11,18H,7,9H2. The molecule has 0 bridgehead atoms. The molecule has 0 amide bonds. The van der Waals surface area contributed by atoms with E-state index in [4.69, 9.17) is 4.42 Å². The van der Waals surface area contributed by atoms with Crippen molar-refractivity contribution in [2.45, 2.75) is 11.3 Å². The molecule has 23 heavy (non-hydrogen) atoms. The van der Waals surface area contributed by atoms with Gasteiger partial charge in [-0.1, -0.05) is 12.1 Å². The number of hydrogen-bond donors (Lipinski definition) is 1. The fraction of sp³-hybridized carbons (Fsp3) is 0.125. The van der Waals surface area contributed by atoms with Crippen molar-refractivity contribution in [2.24, 2.45) is 0 Å². The molecule has 0 aliphatic carbocycles. The number of rotatable bonds is 6. The third-order valence-corrected chi connectivity index (χ3v) is 6.92. The molecule has 0 aliphatic rings. The third-order valence-electron chi connectivity index (χ3n) is 3.26. The zero-order valence-electron chi connectivity index (χ0n) is 12.0. The molecule has 0 unspecified atom stereocenters. The Kier molecular flexibility index (Phi) is 5.01.